The van der Waals surface area contributed by atoms with E-state index < -0.39 is 0 Å². The Hall–Kier alpha value is -2.02. The van der Waals surface area contributed by atoms with E-state index in [1.807, 2.05) is 31.2 Å². The lowest BCUT2D eigenvalue weighted by molar-refractivity contribution is -0.133. The Labute approximate surface area is 101 Å². The highest BCUT2D eigenvalue weighted by Crippen LogP contribution is 2.09. The molecule has 4 nitrogen and oxygen atoms in total. The summed E-state index contributed by atoms with van der Waals surface area (Å²) in [5.74, 6) is 0.541. The number of ether oxygens (including phenoxy) is 1. The largest absolute Gasteiger partial charge is 0.484 e. The Bertz CT molecular complexity index is 398. The monoisotopic (exact) mass is 232 g/mol. The number of amides is 1. The highest BCUT2D eigenvalue weighted by molar-refractivity contribution is 5.77. The number of hydrogen-bond acceptors (Lipinski definition) is 3. The molecule has 0 radical (unpaired) electrons. The Kier molecular flexibility index (Phi) is 5.02. The van der Waals surface area contributed by atoms with E-state index in [0.717, 1.165) is 0 Å². The van der Waals surface area contributed by atoms with Crippen LogP contribution in [0.25, 0.3) is 0 Å². The molecule has 0 N–H and O–H groups in total. The van der Waals surface area contributed by atoms with Crippen LogP contribution in [-0.2, 0) is 4.79 Å². The Morgan fingerprint density at radius 3 is 2.71 bits per heavy atom. The van der Waals surface area contributed by atoms with Crippen molar-refractivity contribution in [3.8, 4) is 11.8 Å². The molecule has 0 aliphatic carbocycles. The van der Waals surface area contributed by atoms with Crippen molar-refractivity contribution in [3.05, 3.63) is 30.3 Å². The average molecular weight is 232 g/mol. The molecule has 0 fully saturated rings. The average Bonchev–Trinajstić information content (AvgIpc) is 2.36. The van der Waals surface area contributed by atoms with Gasteiger partial charge in [-0.2, -0.15) is 5.26 Å². The number of para-hydroxylation sites is 1. The fourth-order valence-corrected chi connectivity index (χ4v) is 1.28. The summed E-state index contributed by atoms with van der Waals surface area (Å²) in [7, 11) is 1.68. The van der Waals surface area contributed by atoms with Gasteiger partial charge in [0.1, 0.15) is 5.75 Å². The number of rotatable bonds is 5. The number of carbonyl (C=O) groups excluding carboxylic acids is 1. The van der Waals surface area contributed by atoms with Crippen LogP contribution in [0.1, 0.15) is 13.3 Å². The van der Waals surface area contributed by atoms with Crippen LogP contribution in [0.2, 0.25) is 0 Å². The molecule has 1 unspecified atom stereocenters. The molecule has 0 heterocycles. The second-order valence-corrected chi connectivity index (χ2v) is 3.82. The van der Waals surface area contributed by atoms with Crippen molar-refractivity contribution in [2.75, 3.05) is 13.7 Å². The Balaban J connectivity index is 2.42. The molecule has 0 aliphatic heterocycles. The molecule has 1 atom stereocenters. The van der Waals surface area contributed by atoms with Gasteiger partial charge in [-0.25, -0.2) is 0 Å². The third-order valence-corrected chi connectivity index (χ3v) is 2.55. The second kappa shape index (κ2) is 6.54. The summed E-state index contributed by atoms with van der Waals surface area (Å²) in [5, 5.41) is 8.56. The van der Waals surface area contributed by atoms with Gasteiger partial charge in [-0.1, -0.05) is 18.2 Å². The lowest BCUT2D eigenvalue weighted by atomic mass is 10.2. The molecule has 0 bridgehead atoms. The maximum Gasteiger partial charge on any atom is 0.260 e. The summed E-state index contributed by atoms with van der Waals surface area (Å²) in [4.78, 5) is 13.3. The molecule has 17 heavy (non-hydrogen) atoms. The van der Waals surface area contributed by atoms with Gasteiger partial charge in [0.25, 0.3) is 5.91 Å². The molecule has 1 amide bonds. The summed E-state index contributed by atoms with van der Waals surface area (Å²) in [6.45, 7) is 1.83. The first kappa shape index (κ1) is 13.0. The minimum atomic E-state index is -0.128. The number of carbonyl (C=O) groups is 1. The molecule has 0 saturated heterocycles. The van der Waals surface area contributed by atoms with Gasteiger partial charge < -0.3 is 9.64 Å². The second-order valence-electron chi connectivity index (χ2n) is 3.82. The van der Waals surface area contributed by atoms with Crippen LogP contribution in [0, 0.1) is 11.3 Å². The molecule has 1 rings (SSSR count). The standard InChI is InChI=1S/C13H16N2O2/c1-11(8-9-14)15(2)13(16)10-17-12-6-4-3-5-7-12/h3-7,11H,8,10H2,1-2H3. The molecule has 0 saturated carbocycles. The molecular formula is C13H16N2O2. The van der Waals surface area contributed by atoms with Crippen molar-refractivity contribution in [3.63, 3.8) is 0 Å². The number of nitrogens with zero attached hydrogens (tertiary/aromatic N) is 2. The van der Waals surface area contributed by atoms with Gasteiger partial charge in [0.15, 0.2) is 6.61 Å². The van der Waals surface area contributed by atoms with Gasteiger partial charge in [0, 0.05) is 13.1 Å². The molecule has 4 heteroatoms. The van der Waals surface area contributed by atoms with E-state index in [4.69, 9.17) is 10.00 Å². The number of likely N-dealkylation sites (N-methyl/N-ethyl adjacent to an activating group) is 1. The maximum atomic E-state index is 11.7. The van der Waals surface area contributed by atoms with Gasteiger partial charge in [0.2, 0.25) is 0 Å². The highest BCUT2D eigenvalue weighted by atomic mass is 16.5. The fourth-order valence-electron chi connectivity index (χ4n) is 1.28. The van der Waals surface area contributed by atoms with Crippen molar-refractivity contribution in [1.82, 2.24) is 4.90 Å². The number of nitriles is 1. The van der Waals surface area contributed by atoms with Gasteiger partial charge in [-0.15, -0.1) is 0 Å². The first-order chi connectivity index (χ1) is 8.15. The van der Waals surface area contributed by atoms with Gasteiger partial charge in [-0.3, -0.25) is 4.79 Å². The van der Waals surface area contributed by atoms with Crippen LogP contribution in [0.15, 0.2) is 30.3 Å². The molecule has 1 aromatic carbocycles. The smallest absolute Gasteiger partial charge is 0.260 e. The zero-order chi connectivity index (χ0) is 12.7. The first-order valence-electron chi connectivity index (χ1n) is 5.45. The van der Waals surface area contributed by atoms with Crippen molar-refractivity contribution >= 4 is 5.91 Å². The van der Waals surface area contributed by atoms with Crippen LogP contribution >= 0.6 is 0 Å². The van der Waals surface area contributed by atoms with E-state index in [9.17, 15) is 4.79 Å². The van der Waals surface area contributed by atoms with Crippen molar-refractivity contribution in [2.45, 2.75) is 19.4 Å². The van der Waals surface area contributed by atoms with E-state index in [1.165, 1.54) is 4.90 Å². The van der Waals surface area contributed by atoms with Crippen LogP contribution in [-0.4, -0.2) is 30.5 Å². The van der Waals surface area contributed by atoms with E-state index in [1.54, 1.807) is 19.2 Å². The fraction of sp³-hybridized carbons (Fsp3) is 0.385. The molecule has 0 aromatic heterocycles. The van der Waals surface area contributed by atoms with Crippen molar-refractivity contribution in [2.24, 2.45) is 0 Å². The maximum absolute atomic E-state index is 11.7. The lowest BCUT2D eigenvalue weighted by Gasteiger charge is -2.22. The zero-order valence-corrected chi connectivity index (χ0v) is 10.1. The summed E-state index contributed by atoms with van der Waals surface area (Å²) >= 11 is 0. The van der Waals surface area contributed by atoms with E-state index in [2.05, 4.69) is 0 Å². The van der Waals surface area contributed by atoms with Gasteiger partial charge in [0.05, 0.1) is 12.5 Å². The molecular weight excluding hydrogens is 216 g/mol. The van der Waals surface area contributed by atoms with E-state index in [0.29, 0.717) is 12.2 Å². The number of hydrogen-bond donors (Lipinski definition) is 0. The molecule has 0 aliphatic rings. The summed E-state index contributed by atoms with van der Waals surface area (Å²) in [5.41, 5.74) is 0. The third kappa shape index (κ3) is 4.15. The Morgan fingerprint density at radius 2 is 2.12 bits per heavy atom. The predicted octanol–water partition coefficient (Wildman–Crippen LogP) is 1.83. The Morgan fingerprint density at radius 1 is 1.47 bits per heavy atom. The van der Waals surface area contributed by atoms with E-state index in [-0.39, 0.29) is 18.6 Å². The quantitative estimate of drug-likeness (QED) is 0.778. The third-order valence-electron chi connectivity index (χ3n) is 2.55. The van der Waals surface area contributed by atoms with Gasteiger partial charge in [-0.05, 0) is 19.1 Å². The van der Waals surface area contributed by atoms with Crippen LogP contribution in [0.5, 0.6) is 5.75 Å². The molecule has 90 valence electrons. The predicted molar refractivity (Wildman–Crippen MR) is 64.4 cm³/mol. The van der Waals surface area contributed by atoms with Crippen LogP contribution in [0.4, 0.5) is 0 Å². The molecule has 1 aromatic rings. The number of benzene rings is 1. The summed E-state index contributed by atoms with van der Waals surface area (Å²) in [6, 6.07) is 11.1. The van der Waals surface area contributed by atoms with E-state index >= 15 is 0 Å². The summed E-state index contributed by atoms with van der Waals surface area (Å²) < 4.78 is 5.34. The van der Waals surface area contributed by atoms with Crippen LogP contribution in [0.3, 0.4) is 0 Å². The SMILES string of the molecule is CC(CC#N)N(C)C(=O)COc1ccccc1. The lowest BCUT2D eigenvalue weighted by Crippen LogP contribution is -2.38. The van der Waals surface area contributed by atoms with Gasteiger partial charge >= 0.3 is 0 Å². The minimum Gasteiger partial charge on any atom is -0.484 e. The minimum absolute atomic E-state index is 0.00369. The topological polar surface area (TPSA) is 53.3 Å². The summed E-state index contributed by atoms with van der Waals surface area (Å²) in [6.07, 6.45) is 0.327. The zero-order valence-electron chi connectivity index (χ0n) is 10.1. The normalized spacial score (nSPS) is 11.4. The molecule has 0 spiro atoms. The van der Waals surface area contributed by atoms with Crippen molar-refractivity contribution < 1.29 is 9.53 Å². The highest BCUT2D eigenvalue weighted by Gasteiger charge is 2.15. The van der Waals surface area contributed by atoms with Crippen molar-refractivity contribution in [1.29, 1.82) is 5.26 Å². The first-order valence-corrected chi connectivity index (χ1v) is 5.45. The van der Waals surface area contributed by atoms with Crippen LogP contribution < -0.4 is 4.74 Å².